The van der Waals surface area contributed by atoms with E-state index < -0.39 is 0 Å². The topological polar surface area (TPSA) is 53.4 Å². The third-order valence-corrected chi connectivity index (χ3v) is 4.90. The third kappa shape index (κ3) is 6.10. The molecule has 0 amide bonds. The van der Waals surface area contributed by atoms with Crippen molar-refractivity contribution < 1.29 is 10.2 Å². The second kappa shape index (κ2) is 9.80. The molecule has 2 rings (SSSR count). The maximum absolute atomic E-state index is 8.99. The second-order valence-corrected chi connectivity index (χ2v) is 6.84. The number of aliphatic hydroxyl groups is 2. The molecule has 22 heavy (non-hydrogen) atoms. The van der Waals surface area contributed by atoms with Crippen LogP contribution >= 0.6 is 0 Å². The second-order valence-electron chi connectivity index (χ2n) is 6.84. The van der Waals surface area contributed by atoms with Gasteiger partial charge in [-0.25, -0.2) is 0 Å². The van der Waals surface area contributed by atoms with Crippen LogP contribution in [0.25, 0.3) is 0 Å². The van der Waals surface area contributed by atoms with Crippen molar-refractivity contribution in [1.82, 2.24) is 19.6 Å². The number of nitrogens with zero attached hydrogens (tertiary/aromatic N) is 4. The van der Waals surface area contributed by atoms with Gasteiger partial charge in [-0.2, -0.15) is 0 Å². The molecule has 2 aliphatic heterocycles. The van der Waals surface area contributed by atoms with E-state index in [0.717, 1.165) is 65.4 Å². The van der Waals surface area contributed by atoms with Gasteiger partial charge < -0.3 is 20.0 Å². The Kier molecular flexibility index (Phi) is 8.06. The summed E-state index contributed by atoms with van der Waals surface area (Å²) in [6.07, 6.45) is 0. The number of hydrogen-bond donors (Lipinski definition) is 2. The van der Waals surface area contributed by atoms with Crippen molar-refractivity contribution in [2.75, 3.05) is 91.8 Å². The Labute approximate surface area is 135 Å². The van der Waals surface area contributed by atoms with Gasteiger partial charge in [0.1, 0.15) is 0 Å². The van der Waals surface area contributed by atoms with Crippen molar-refractivity contribution in [2.45, 2.75) is 6.92 Å². The zero-order valence-corrected chi connectivity index (χ0v) is 14.2. The smallest absolute Gasteiger partial charge is 0.0558 e. The van der Waals surface area contributed by atoms with Crippen LogP contribution in [0.15, 0.2) is 0 Å². The fourth-order valence-electron chi connectivity index (χ4n) is 3.61. The summed E-state index contributed by atoms with van der Waals surface area (Å²) in [6, 6.07) is 0. The fraction of sp³-hybridized carbons (Fsp3) is 1.00. The largest absolute Gasteiger partial charge is 0.395 e. The zero-order chi connectivity index (χ0) is 15.8. The van der Waals surface area contributed by atoms with Gasteiger partial charge >= 0.3 is 0 Å². The molecule has 2 N–H and O–H groups in total. The zero-order valence-electron chi connectivity index (χ0n) is 14.2. The molecule has 0 aromatic carbocycles. The van der Waals surface area contributed by atoms with Crippen molar-refractivity contribution in [3.8, 4) is 0 Å². The lowest BCUT2D eigenvalue weighted by molar-refractivity contribution is 0.0794. The first kappa shape index (κ1) is 18.1. The van der Waals surface area contributed by atoms with Crippen molar-refractivity contribution >= 4 is 0 Å². The number of piperazine rings is 2. The molecule has 6 heteroatoms. The lowest BCUT2D eigenvalue weighted by Crippen LogP contribution is -2.51. The maximum Gasteiger partial charge on any atom is 0.0558 e. The molecule has 2 saturated heterocycles. The molecule has 0 bridgehead atoms. The molecule has 0 saturated carbocycles. The number of aliphatic hydroxyl groups excluding tert-OH is 2. The van der Waals surface area contributed by atoms with Crippen LogP contribution in [0.2, 0.25) is 0 Å². The number of rotatable bonds is 8. The minimum Gasteiger partial charge on any atom is -0.395 e. The van der Waals surface area contributed by atoms with Gasteiger partial charge in [0.2, 0.25) is 0 Å². The van der Waals surface area contributed by atoms with Crippen LogP contribution in [-0.4, -0.2) is 122 Å². The predicted molar refractivity (Wildman–Crippen MR) is 89.1 cm³/mol. The van der Waals surface area contributed by atoms with E-state index in [4.69, 9.17) is 10.2 Å². The molecule has 2 aliphatic rings. The summed E-state index contributed by atoms with van der Waals surface area (Å²) in [5.41, 5.74) is 0. The van der Waals surface area contributed by atoms with Gasteiger partial charge in [-0.15, -0.1) is 0 Å². The van der Waals surface area contributed by atoms with Crippen LogP contribution in [0.5, 0.6) is 0 Å². The highest BCUT2D eigenvalue weighted by molar-refractivity contribution is 4.77. The number of hydrogen-bond acceptors (Lipinski definition) is 6. The molecule has 0 aromatic heterocycles. The molecule has 0 atom stereocenters. The molecule has 0 aliphatic carbocycles. The Morgan fingerprint density at radius 1 is 0.636 bits per heavy atom. The first-order valence-corrected chi connectivity index (χ1v) is 8.82. The van der Waals surface area contributed by atoms with Gasteiger partial charge in [0.25, 0.3) is 0 Å². The van der Waals surface area contributed by atoms with Gasteiger partial charge in [0.15, 0.2) is 0 Å². The van der Waals surface area contributed by atoms with Gasteiger partial charge in [-0.1, -0.05) is 6.92 Å². The van der Waals surface area contributed by atoms with E-state index in [2.05, 4.69) is 26.5 Å². The lowest BCUT2D eigenvalue weighted by Gasteiger charge is -2.38. The fourth-order valence-corrected chi connectivity index (χ4v) is 3.61. The molecule has 0 radical (unpaired) electrons. The molecule has 6 nitrogen and oxygen atoms in total. The Balaban J connectivity index is 1.59. The summed E-state index contributed by atoms with van der Waals surface area (Å²) < 4.78 is 0. The average Bonchev–Trinajstić information content (AvgIpc) is 2.52. The normalized spacial score (nSPS) is 23.5. The number of β-amino-alcohol motifs (C(OH)–C–C–N with tert-alkyl or cyclic N) is 2. The quantitative estimate of drug-likeness (QED) is 0.590. The van der Waals surface area contributed by atoms with Crippen molar-refractivity contribution in [1.29, 1.82) is 0 Å². The van der Waals surface area contributed by atoms with Crippen LogP contribution in [-0.2, 0) is 0 Å². The molecule has 2 fully saturated rings. The third-order valence-electron chi connectivity index (χ3n) is 4.90. The highest BCUT2D eigenvalue weighted by atomic mass is 16.3. The molecule has 0 unspecified atom stereocenters. The summed E-state index contributed by atoms with van der Waals surface area (Å²) >= 11 is 0. The van der Waals surface area contributed by atoms with Crippen LogP contribution in [0.3, 0.4) is 0 Å². The lowest BCUT2D eigenvalue weighted by atomic mass is 10.1. The molecular weight excluding hydrogens is 280 g/mol. The molecule has 0 aromatic rings. The SMILES string of the molecule is CC(CN1CCN(CCO)CC1)CN1CCN(CCO)CC1. The molecular formula is C16H34N4O2. The minimum atomic E-state index is 0.276. The van der Waals surface area contributed by atoms with Crippen molar-refractivity contribution in [3.05, 3.63) is 0 Å². The summed E-state index contributed by atoms with van der Waals surface area (Å²) in [6.45, 7) is 15.8. The summed E-state index contributed by atoms with van der Waals surface area (Å²) in [5.74, 6) is 0.703. The first-order valence-electron chi connectivity index (χ1n) is 8.82. The van der Waals surface area contributed by atoms with Crippen molar-refractivity contribution in [2.24, 2.45) is 5.92 Å². The standard InChI is InChI=1S/C16H34N4O2/c1-16(14-19-6-2-17(3-7-19)10-12-21)15-20-8-4-18(5-9-20)11-13-22/h16,21-22H,2-15H2,1H3. The predicted octanol–water partition coefficient (Wildman–Crippen LogP) is -1.16. The van der Waals surface area contributed by atoms with Crippen molar-refractivity contribution in [3.63, 3.8) is 0 Å². The molecule has 0 spiro atoms. The molecule has 130 valence electrons. The minimum absolute atomic E-state index is 0.276. The van der Waals surface area contributed by atoms with E-state index in [-0.39, 0.29) is 13.2 Å². The Hall–Kier alpha value is -0.240. The van der Waals surface area contributed by atoms with Crippen LogP contribution in [0, 0.1) is 5.92 Å². The van der Waals surface area contributed by atoms with E-state index in [0.29, 0.717) is 5.92 Å². The highest BCUT2D eigenvalue weighted by Gasteiger charge is 2.21. The maximum atomic E-state index is 8.99. The highest BCUT2D eigenvalue weighted by Crippen LogP contribution is 2.09. The van der Waals surface area contributed by atoms with Gasteiger partial charge in [0.05, 0.1) is 13.2 Å². The Morgan fingerprint density at radius 2 is 0.955 bits per heavy atom. The summed E-state index contributed by atoms with van der Waals surface area (Å²) in [4.78, 5) is 9.84. The first-order chi connectivity index (χ1) is 10.7. The van der Waals surface area contributed by atoms with Crippen LogP contribution < -0.4 is 0 Å². The summed E-state index contributed by atoms with van der Waals surface area (Å²) in [5, 5.41) is 18.0. The van der Waals surface area contributed by atoms with Gasteiger partial charge in [-0.3, -0.25) is 9.80 Å². The molecule has 2 heterocycles. The Bertz CT molecular complexity index is 262. The van der Waals surface area contributed by atoms with E-state index in [9.17, 15) is 0 Å². The van der Waals surface area contributed by atoms with E-state index in [1.807, 2.05) is 0 Å². The van der Waals surface area contributed by atoms with Crippen LogP contribution in [0.4, 0.5) is 0 Å². The van der Waals surface area contributed by atoms with Crippen LogP contribution in [0.1, 0.15) is 6.92 Å². The van der Waals surface area contributed by atoms with Gasteiger partial charge in [0, 0.05) is 78.5 Å². The van der Waals surface area contributed by atoms with E-state index in [1.165, 1.54) is 13.1 Å². The Morgan fingerprint density at radius 3 is 1.27 bits per heavy atom. The van der Waals surface area contributed by atoms with Gasteiger partial charge in [-0.05, 0) is 5.92 Å². The average molecular weight is 314 g/mol. The monoisotopic (exact) mass is 314 g/mol. The summed E-state index contributed by atoms with van der Waals surface area (Å²) in [7, 11) is 0. The van der Waals surface area contributed by atoms with E-state index >= 15 is 0 Å². The van der Waals surface area contributed by atoms with E-state index in [1.54, 1.807) is 0 Å².